The Bertz CT molecular complexity index is 1300. The number of anilines is 1. The predicted octanol–water partition coefficient (Wildman–Crippen LogP) is 2.71. The van der Waals surface area contributed by atoms with Crippen LogP contribution >= 0.6 is 0 Å². The van der Waals surface area contributed by atoms with Gasteiger partial charge in [0.05, 0.1) is 29.3 Å². The van der Waals surface area contributed by atoms with Gasteiger partial charge in [0.25, 0.3) is 5.91 Å². The highest BCUT2D eigenvalue weighted by molar-refractivity contribution is 6.04. The first-order valence-electron chi connectivity index (χ1n) is 8.66. The molecule has 0 bridgehead atoms. The molecule has 2 heterocycles. The summed E-state index contributed by atoms with van der Waals surface area (Å²) in [5, 5.41) is 10.7. The van der Waals surface area contributed by atoms with Crippen molar-refractivity contribution in [2.75, 3.05) is 5.32 Å². The van der Waals surface area contributed by atoms with Crippen LogP contribution in [-0.4, -0.2) is 25.5 Å². The van der Waals surface area contributed by atoms with E-state index in [4.69, 9.17) is 0 Å². The Morgan fingerprint density at radius 3 is 2.76 bits per heavy atom. The van der Waals surface area contributed by atoms with Crippen molar-refractivity contribution in [3.05, 3.63) is 88.0 Å². The standard InChI is InChI=1S/C20H15F2N5O2/c1-26-17-7-6-13(21)8-15(17)19(28)18(25-26)20(29)24-14-9-23-27(11-14)10-12-4-2-3-5-16(12)22/h2-9,11H,10H2,1H3,(H,24,29). The maximum absolute atomic E-state index is 13.8. The topological polar surface area (TPSA) is 81.8 Å². The zero-order valence-electron chi connectivity index (χ0n) is 15.3. The molecule has 4 rings (SSSR count). The van der Waals surface area contributed by atoms with Crippen LogP contribution in [0.15, 0.2) is 59.7 Å². The van der Waals surface area contributed by atoms with E-state index in [-0.39, 0.29) is 23.4 Å². The van der Waals surface area contributed by atoms with E-state index in [1.54, 1.807) is 25.2 Å². The predicted molar refractivity (Wildman–Crippen MR) is 103 cm³/mol. The van der Waals surface area contributed by atoms with Crippen molar-refractivity contribution in [1.29, 1.82) is 0 Å². The third kappa shape index (κ3) is 3.62. The number of amides is 1. The minimum Gasteiger partial charge on any atom is -0.318 e. The Morgan fingerprint density at radius 2 is 1.97 bits per heavy atom. The lowest BCUT2D eigenvalue weighted by molar-refractivity contribution is 0.101. The van der Waals surface area contributed by atoms with Gasteiger partial charge in [-0.2, -0.15) is 10.2 Å². The van der Waals surface area contributed by atoms with Gasteiger partial charge >= 0.3 is 0 Å². The van der Waals surface area contributed by atoms with Crippen LogP contribution in [0.3, 0.4) is 0 Å². The second-order valence-electron chi connectivity index (χ2n) is 6.43. The fourth-order valence-electron chi connectivity index (χ4n) is 3.00. The molecule has 0 spiro atoms. The summed E-state index contributed by atoms with van der Waals surface area (Å²) in [6.07, 6.45) is 2.89. The minimum atomic E-state index is -0.748. The van der Waals surface area contributed by atoms with Crippen molar-refractivity contribution in [1.82, 2.24) is 19.6 Å². The Morgan fingerprint density at radius 1 is 1.17 bits per heavy atom. The molecule has 1 N–H and O–H groups in total. The number of hydrogen-bond acceptors (Lipinski definition) is 4. The molecular formula is C20H15F2N5O2. The van der Waals surface area contributed by atoms with Crippen molar-refractivity contribution in [2.45, 2.75) is 6.54 Å². The molecule has 0 saturated heterocycles. The molecule has 0 fully saturated rings. The summed E-state index contributed by atoms with van der Waals surface area (Å²) in [5.74, 6) is -1.69. The summed E-state index contributed by atoms with van der Waals surface area (Å²) in [4.78, 5) is 25.1. The largest absolute Gasteiger partial charge is 0.318 e. The molecule has 29 heavy (non-hydrogen) atoms. The fraction of sp³-hybridized carbons (Fsp3) is 0.100. The highest BCUT2D eigenvalue weighted by Crippen LogP contribution is 2.13. The molecule has 0 saturated carbocycles. The summed E-state index contributed by atoms with van der Waals surface area (Å²) >= 11 is 0. The third-order valence-corrected chi connectivity index (χ3v) is 4.41. The van der Waals surface area contributed by atoms with Crippen molar-refractivity contribution in [3.63, 3.8) is 0 Å². The van der Waals surface area contributed by atoms with E-state index in [2.05, 4.69) is 15.5 Å². The van der Waals surface area contributed by atoms with Crippen LogP contribution in [0.4, 0.5) is 14.5 Å². The number of carbonyl (C=O) groups is 1. The molecule has 1 amide bonds. The number of rotatable bonds is 4. The molecule has 4 aromatic rings. The first-order valence-corrected chi connectivity index (χ1v) is 8.66. The van der Waals surface area contributed by atoms with E-state index in [0.717, 1.165) is 6.07 Å². The van der Waals surface area contributed by atoms with E-state index in [1.807, 2.05) is 0 Å². The molecule has 0 aliphatic rings. The Balaban J connectivity index is 1.59. The van der Waals surface area contributed by atoms with Crippen LogP contribution in [0, 0.1) is 11.6 Å². The van der Waals surface area contributed by atoms with Crippen LogP contribution in [0.25, 0.3) is 10.9 Å². The molecule has 0 aliphatic carbocycles. The summed E-state index contributed by atoms with van der Waals surface area (Å²) in [6.45, 7) is 0.178. The van der Waals surface area contributed by atoms with Gasteiger partial charge in [0.1, 0.15) is 11.6 Å². The van der Waals surface area contributed by atoms with E-state index in [1.165, 1.54) is 40.0 Å². The van der Waals surface area contributed by atoms with Gasteiger partial charge in [-0.05, 0) is 24.3 Å². The van der Waals surface area contributed by atoms with Gasteiger partial charge < -0.3 is 5.32 Å². The molecule has 0 radical (unpaired) electrons. The van der Waals surface area contributed by atoms with Crippen LogP contribution in [0.2, 0.25) is 0 Å². The summed E-state index contributed by atoms with van der Waals surface area (Å²) in [5.41, 5.74) is 0.127. The number of carbonyl (C=O) groups excluding carboxylic acids is 1. The van der Waals surface area contributed by atoms with Gasteiger partial charge in [-0.15, -0.1) is 0 Å². The van der Waals surface area contributed by atoms with Gasteiger partial charge in [-0.25, -0.2) is 8.78 Å². The molecule has 0 unspecified atom stereocenters. The van der Waals surface area contributed by atoms with E-state index < -0.39 is 17.2 Å². The number of nitrogens with zero attached hydrogens (tertiary/aromatic N) is 4. The molecule has 7 nitrogen and oxygen atoms in total. The first kappa shape index (κ1) is 18.5. The third-order valence-electron chi connectivity index (χ3n) is 4.41. The maximum atomic E-state index is 13.8. The van der Waals surface area contributed by atoms with E-state index >= 15 is 0 Å². The molecule has 0 aliphatic heterocycles. The lowest BCUT2D eigenvalue weighted by atomic mass is 10.2. The summed E-state index contributed by atoms with van der Waals surface area (Å²) < 4.78 is 30.1. The van der Waals surface area contributed by atoms with Gasteiger partial charge in [0.2, 0.25) is 5.43 Å². The lowest BCUT2D eigenvalue weighted by Crippen LogP contribution is -2.26. The Labute approximate surface area is 163 Å². The molecule has 146 valence electrons. The van der Waals surface area contributed by atoms with Crippen LogP contribution in [0.1, 0.15) is 16.1 Å². The fourth-order valence-corrected chi connectivity index (χ4v) is 3.00. The number of fused-ring (bicyclic) bond motifs is 1. The van der Waals surface area contributed by atoms with Crippen molar-refractivity contribution < 1.29 is 13.6 Å². The molecular weight excluding hydrogens is 380 g/mol. The first-order chi connectivity index (χ1) is 13.9. The number of hydrogen-bond donors (Lipinski definition) is 1. The Kier molecular flexibility index (Phi) is 4.63. The molecule has 0 atom stereocenters. The number of aromatic nitrogens is 4. The van der Waals surface area contributed by atoms with Crippen LogP contribution in [0.5, 0.6) is 0 Å². The van der Waals surface area contributed by atoms with Crippen molar-refractivity contribution in [3.8, 4) is 0 Å². The van der Waals surface area contributed by atoms with Crippen molar-refractivity contribution >= 4 is 22.5 Å². The number of aryl methyl sites for hydroxylation is 1. The molecule has 9 heteroatoms. The second-order valence-corrected chi connectivity index (χ2v) is 6.43. The average Bonchev–Trinajstić information content (AvgIpc) is 3.13. The maximum Gasteiger partial charge on any atom is 0.280 e. The normalized spacial score (nSPS) is 11.0. The number of halogens is 2. The number of nitrogens with one attached hydrogen (secondary N) is 1. The highest BCUT2D eigenvalue weighted by atomic mass is 19.1. The minimum absolute atomic E-state index is 0.0582. The molecule has 2 aromatic carbocycles. The van der Waals surface area contributed by atoms with Gasteiger partial charge in [0.15, 0.2) is 5.69 Å². The average molecular weight is 395 g/mol. The molecule has 2 aromatic heterocycles. The summed E-state index contributed by atoms with van der Waals surface area (Å²) in [6, 6.07) is 10.0. The lowest BCUT2D eigenvalue weighted by Gasteiger charge is -2.07. The zero-order valence-corrected chi connectivity index (χ0v) is 15.3. The van der Waals surface area contributed by atoms with Crippen molar-refractivity contribution in [2.24, 2.45) is 7.05 Å². The Hall–Kier alpha value is -3.88. The smallest absolute Gasteiger partial charge is 0.280 e. The summed E-state index contributed by atoms with van der Waals surface area (Å²) in [7, 11) is 1.56. The van der Waals surface area contributed by atoms with Gasteiger partial charge in [-0.3, -0.25) is 19.0 Å². The monoisotopic (exact) mass is 395 g/mol. The van der Waals surface area contributed by atoms with Crippen LogP contribution in [-0.2, 0) is 13.6 Å². The van der Waals surface area contributed by atoms with Gasteiger partial charge in [-0.1, -0.05) is 18.2 Å². The van der Waals surface area contributed by atoms with E-state index in [0.29, 0.717) is 16.8 Å². The number of benzene rings is 2. The van der Waals surface area contributed by atoms with Crippen LogP contribution < -0.4 is 10.7 Å². The second kappa shape index (κ2) is 7.27. The SMILES string of the molecule is Cn1nc(C(=O)Nc2cnn(Cc3ccccc3F)c2)c(=O)c2cc(F)ccc21. The van der Waals surface area contributed by atoms with E-state index in [9.17, 15) is 18.4 Å². The highest BCUT2D eigenvalue weighted by Gasteiger charge is 2.18. The zero-order chi connectivity index (χ0) is 20.5. The van der Waals surface area contributed by atoms with Gasteiger partial charge in [0, 0.05) is 18.8 Å². The quantitative estimate of drug-likeness (QED) is 0.576.